The molecule has 5 aromatic carbocycles. The van der Waals surface area contributed by atoms with Gasteiger partial charge in [0.2, 0.25) is 0 Å². The van der Waals surface area contributed by atoms with Crippen molar-refractivity contribution in [3.05, 3.63) is 84.9 Å². The zero-order valence-electron chi connectivity index (χ0n) is 20.0. The number of phenols is 1. The summed E-state index contributed by atoms with van der Waals surface area (Å²) in [6.45, 7) is 0. The molecule has 0 saturated heterocycles. The van der Waals surface area contributed by atoms with Crippen molar-refractivity contribution in [3.63, 3.8) is 0 Å². The number of nitrogens with one attached hydrogen (secondary N) is 1. The van der Waals surface area contributed by atoms with E-state index >= 15 is 0 Å². The molecule has 0 amide bonds. The number of hydrogen-bond donors (Lipinski definition) is 3. The Bertz CT molecular complexity index is 1980. The lowest BCUT2D eigenvalue weighted by Crippen LogP contribution is -1.98. The van der Waals surface area contributed by atoms with Gasteiger partial charge in [0.25, 0.3) is 10.1 Å². The summed E-state index contributed by atoms with van der Waals surface area (Å²) in [4.78, 5) is -0.901. The van der Waals surface area contributed by atoms with Crippen LogP contribution in [0, 0.1) is 0 Å². The van der Waals surface area contributed by atoms with Crippen LogP contribution in [0.2, 0.25) is 0 Å². The highest BCUT2D eigenvalue weighted by atomic mass is 32.2. The number of aromatic hydroxyl groups is 1. The molecule has 0 spiro atoms. The Labute approximate surface area is 232 Å². The van der Waals surface area contributed by atoms with Crippen LogP contribution in [0.4, 0.5) is 22.7 Å². The van der Waals surface area contributed by atoms with Crippen LogP contribution in [0.3, 0.4) is 0 Å². The van der Waals surface area contributed by atoms with E-state index in [4.69, 9.17) is 0 Å². The Morgan fingerprint density at radius 1 is 0.775 bits per heavy atom. The van der Waals surface area contributed by atoms with Gasteiger partial charge in [0.1, 0.15) is 5.75 Å². The smallest absolute Gasteiger partial charge is 0.294 e. The normalized spacial score (nSPS) is 13.6. The van der Waals surface area contributed by atoms with Crippen molar-refractivity contribution in [3.8, 4) is 5.75 Å². The summed E-state index contributed by atoms with van der Waals surface area (Å²) in [7, 11) is -4.70. The maximum Gasteiger partial charge on any atom is 0.294 e. The van der Waals surface area contributed by atoms with Crippen molar-refractivity contribution >= 4 is 76.6 Å². The monoisotopic (exact) mass is 595 g/mol. The summed E-state index contributed by atoms with van der Waals surface area (Å²) in [5.74, 6) is -0.585. The summed E-state index contributed by atoms with van der Waals surface area (Å²) in [6, 6.07) is 21.0. The summed E-state index contributed by atoms with van der Waals surface area (Å²) in [5, 5.41) is 22.8. The minimum Gasteiger partial charge on any atom is -0.768 e. The summed E-state index contributed by atoms with van der Waals surface area (Å²) in [6.07, 6.45) is 0. The molecule has 5 rings (SSSR count). The fourth-order valence-corrected chi connectivity index (χ4v) is 5.76. The molecule has 0 fully saturated rings. The Morgan fingerprint density at radius 2 is 1.50 bits per heavy atom. The molecule has 0 aromatic heterocycles. The predicted molar refractivity (Wildman–Crippen MR) is 148 cm³/mol. The van der Waals surface area contributed by atoms with E-state index in [9.17, 15) is 35.6 Å². The van der Waals surface area contributed by atoms with Gasteiger partial charge in [0.15, 0.2) is 0 Å². The van der Waals surface area contributed by atoms with Crippen LogP contribution in [0.25, 0.3) is 21.5 Å². The fraction of sp³-hybridized carbons (Fsp3) is 0. The van der Waals surface area contributed by atoms with Crippen molar-refractivity contribution < 1.29 is 35.6 Å². The van der Waals surface area contributed by atoms with Crippen LogP contribution in [-0.2, 0) is 32.3 Å². The number of rotatable bonds is 7. The number of hydrogen-bond acceptors (Lipinski definition) is 10. The lowest BCUT2D eigenvalue weighted by atomic mass is 10.1. The second kappa shape index (κ2) is 10.8. The van der Waals surface area contributed by atoms with E-state index < -0.39 is 42.9 Å². The van der Waals surface area contributed by atoms with Gasteiger partial charge >= 0.3 is 0 Å². The van der Waals surface area contributed by atoms with Crippen LogP contribution >= 0.6 is 0 Å². The number of nitrogens with zero attached hydrogens (tertiary/aromatic N) is 2. The fourth-order valence-electron chi connectivity index (χ4n) is 4.21. The van der Waals surface area contributed by atoms with Crippen LogP contribution < -0.4 is 5.32 Å². The molecule has 0 aliphatic rings. The van der Waals surface area contributed by atoms with E-state index in [1.165, 1.54) is 12.1 Å². The van der Waals surface area contributed by atoms with E-state index in [1.54, 1.807) is 18.2 Å². The van der Waals surface area contributed by atoms with Crippen LogP contribution in [0.1, 0.15) is 0 Å². The highest BCUT2D eigenvalue weighted by molar-refractivity contribution is 7.85. The van der Waals surface area contributed by atoms with Crippen molar-refractivity contribution in [2.24, 2.45) is 10.2 Å². The molecule has 40 heavy (non-hydrogen) atoms. The molecule has 3 N–H and O–H groups in total. The van der Waals surface area contributed by atoms with Gasteiger partial charge in [-0.2, -0.15) is 8.42 Å². The molecule has 2 unspecified atom stereocenters. The summed E-state index contributed by atoms with van der Waals surface area (Å²) < 4.78 is 80.2. The van der Waals surface area contributed by atoms with E-state index in [2.05, 4.69) is 15.5 Å². The molecule has 0 bridgehead atoms. The van der Waals surface area contributed by atoms with E-state index in [0.717, 1.165) is 30.0 Å². The van der Waals surface area contributed by atoms with Crippen molar-refractivity contribution in [2.75, 3.05) is 5.32 Å². The molecule has 11 nitrogen and oxygen atoms in total. The third-order valence-corrected chi connectivity index (χ3v) is 8.07. The Morgan fingerprint density at radius 3 is 2.17 bits per heavy atom. The van der Waals surface area contributed by atoms with Gasteiger partial charge in [-0.05, 0) is 76.1 Å². The lowest BCUT2D eigenvalue weighted by molar-refractivity contribution is 0.471. The number of benzene rings is 5. The quantitative estimate of drug-likeness (QED) is 0.122. The molecule has 0 aliphatic carbocycles. The summed E-state index contributed by atoms with van der Waals surface area (Å²) >= 11 is -5.35. The molecule has 204 valence electrons. The molecule has 0 heterocycles. The minimum absolute atomic E-state index is 0.0116. The number of azo groups is 1. The Hall–Kier alpha value is -4.05. The Kier molecular flexibility index (Phi) is 7.46. The number of anilines is 2. The number of phenolic OH excluding ortho intramolecular Hbond substituents is 1. The van der Waals surface area contributed by atoms with E-state index in [1.807, 2.05) is 30.3 Å². The van der Waals surface area contributed by atoms with E-state index in [-0.39, 0.29) is 31.9 Å². The van der Waals surface area contributed by atoms with Crippen LogP contribution in [-0.4, -0.2) is 35.6 Å². The third-order valence-electron chi connectivity index (χ3n) is 5.92. The zero-order valence-corrected chi connectivity index (χ0v) is 22.5. The molecule has 0 aliphatic heterocycles. The molecule has 5 aromatic rings. The number of fused-ring (bicyclic) bond motifs is 2. The largest absolute Gasteiger partial charge is 0.768 e. The van der Waals surface area contributed by atoms with E-state index in [0.29, 0.717) is 16.5 Å². The van der Waals surface area contributed by atoms with Gasteiger partial charge in [-0.25, -0.2) is 0 Å². The summed E-state index contributed by atoms with van der Waals surface area (Å²) in [5.41, 5.74) is 1.33. The van der Waals surface area contributed by atoms with Gasteiger partial charge in [-0.3, -0.25) is 13.0 Å². The van der Waals surface area contributed by atoms with Gasteiger partial charge < -0.3 is 19.5 Å². The highest BCUT2D eigenvalue weighted by Crippen LogP contribution is 2.41. The van der Waals surface area contributed by atoms with Gasteiger partial charge in [0, 0.05) is 38.0 Å². The first-order chi connectivity index (χ1) is 19.0. The van der Waals surface area contributed by atoms with Crippen molar-refractivity contribution in [1.82, 2.24) is 0 Å². The first kappa shape index (κ1) is 27.5. The average Bonchev–Trinajstić information content (AvgIpc) is 2.91. The molecule has 0 radical (unpaired) electrons. The minimum atomic E-state index is -4.70. The topological polar surface area (TPSA) is 192 Å². The standard InChI is InChI=1S/C26H19N3O8S3/c30-23-14-18(40(35,36)37)12-15-11-17(38(31)32)13-22(25(15)23)29-28-20-9-10-21(27-16-5-2-1-3-6-16)26-19(20)7-4-8-24(26)39(33)34/h1-14,27,30H,(H,31,32)(H,33,34)(H,35,36,37)/p-2. The second-order valence-corrected chi connectivity index (χ2v) is 11.7. The van der Waals surface area contributed by atoms with Gasteiger partial charge in [0.05, 0.1) is 21.7 Å². The first-order valence-electron chi connectivity index (χ1n) is 11.3. The maximum atomic E-state index is 12.1. The highest BCUT2D eigenvalue weighted by Gasteiger charge is 2.17. The molecular weight excluding hydrogens is 579 g/mol. The zero-order chi connectivity index (χ0) is 28.6. The molecule has 0 saturated carbocycles. The lowest BCUT2D eigenvalue weighted by Gasteiger charge is -2.16. The third kappa shape index (κ3) is 5.49. The SMILES string of the molecule is O=S([O-])c1cc(N=Nc2ccc(Nc3ccccc3)c3c(S(=O)[O-])cccc23)c2c(O)cc(S(=O)(=O)O)cc2c1. The van der Waals surface area contributed by atoms with Crippen LogP contribution in [0.5, 0.6) is 5.75 Å². The molecule has 14 heteroatoms. The van der Waals surface area contributed by atoms with Crippen LogP contribution in [0.15, 0.2) is 110 Å². The Balaban J connectivity index is 1.70. The number of para-hydroxylation sites is 1. The second-order valence-electron chi connectivity index (χ2n) is 8.43. The van der Waals surface area contributed by atoms with Crippen molar-refractivity contribution in [2.45, 2.75) is 14.7 Å². The molecular formula is C26H17N3O8S3-2. The van der Waals surface area contributed by atoms with Gasteiger partial charge in [-0.15, -0.1) is 10.2 Å². The average molecular weight is 596 g/mol. The van der Waals surface area contributed by atoms with Crippen molar-refractivity contribution in [1.29, 1.82) is 0 Å². The predicted octanol–water partition coefficient (Wildman–Crippen LogP) is 5.58. The maximum absolute atomic E-state index is 12.1. The first-order valence-corrected chi connectivity index (χ1v) is 14.9. The molecule has 2 atom stereocenters. The van der Waals surface area contributed by atoms with Gasteiger partial charge in [-0.1, -0.05) is 30.3 Å².